The van der Waals surface area contributed by atoms with Gasteiger partial charge in [0, 0.05) is 4.91 Å². The Bertz CT molecular complexity index is 1020. The Balaban J connectivity index is 1.73. The van der Waals surface area contributed by atoms with Gasteiger partial charge in [0.15, 0.2) is 17.7 Å². The third-order valence-corrected chi connectivity index (χ3v) is 4.91. The summed E-state index contributed by atoms with van der Waals surface area (Å²) in [6.07, 6.45) is 2.26. The number of nitrogen functional groups attached to an aromatic ring is 1. The maximum absolute atomic E-state index is 11.4. The van der Waals surface area contributed by atoms with Crippen molar-refractivity contribution in [2.75, 3.05) is 25.2 Å². The standard InChI is InChI=1S/C12H14N8O5S/c1-26(21,22)24-3-12-2-23-7(8(12)18-19-14)11(25-12)20-5-17-6-9(13)15-4-16-10(6)20/h4-5,7-8,11H,2-3H2,1H3,(H2,13,15,16)/t7-,8+,11-,12-/m1/s1. The second kappa shape index (κ2) is 5.75. The van der Waals surface area contributed by atoms with Crippen molar-refractivity contribution >= 4 is 27.1 Å². The Hall–Kier alpha value is -2.51. The fourth-order valence-electron chi connectivity index (χ4n) is 3.23. The third-order valence-electron chi connectivity index (χ3n) is 4.36. The van der Waals surface area contributed by atoms with E-state index < -0.39 is 34.1 Å². The summed E-state index contributed by atoms with van der Waals surface area (Å²) in [5.41, 5.74) is 14.2. The molecule has 26 heavy (non-hydrogen) atoms. The van der Waals surface area contributed by atoms with E-state index in [0.717, 1.165) is 6.26 Å². The number of imidazole rings is 1. The van der Waals surface area contributed by atoms with Crippen LogP contribution in [0, 0.1) is 0 Å². The Labute approximate surface area is 146 Å². The van der Waals surface area contributed by atoms with Gasteiger partial charge in [0.25, 0.3) is 10.1 Å². The van der Waals surface area contributed by atoms with Crippen LogP contribution in [-0.4, -0.2) is 65.2 Å². The van der Waals surface area contributed by atoms with Gasteiger partial charge >= 0.3 is 0 Å². The van der Waals surface area contributed by atoms with E-state index in [4.69, 9.17) is 24.9 Å². The van der Waals surface area contributed by atoms with E-state index in [1.54, 1.807) is 4.57 Å². The maximum atomic E-state index is 11.4. The lowest BCUT2D eigenvalue weighted by atomic mass is 9.98. The second-order valence-electron chi connectivity index (χ2n) is 6.05. The van der Waals surface area contributed by atoms with E-state index in [0.29, 0.717) is 11.2 Å². The molecule has 2 aromatic rings. The predicted molar refractivity (Wildman–Crippen MR) is 86.1 cm³/mol. The first-order chi connectivity index (χ1) is 12.3. The molecule has 2 N–H and O–H groups in total. The SMILES string of the molecule is CS(=O)(=O)OC[C@@]12CO[C@@H]([C@H](n3cnc4c(N)ncnc43)O1)[C@@H]2N=[N+]=[N-]. The molecule has 2 aliphatic rings. The molecule has 2 bridgehead atoms. The van der Waals surface area contributed by atoms with Crippen molar-refractivity contribution in [3.05, 3.63) is 23.1 Å². The quantitative estimate of drug-likeness (QED) is 0.315. The maximum Gasteiger partial charge on any atom is 0.264 e. The molecule has 4 heterocycles. The first-order valence-corrected chi connectivity index (χ1v) is 9.27. The first-order valence-electron chi connectivity index (χ1n) is 7.46. The van der Waals surface area contributed by atoms with Crippen molar-refractivity contribution in [1.82, 2.24) is 19.5 Å². The van der Waals surface area contributed by atoms with Crippen molar-refractivity contribution in [3.63, 3.8) is 0 Å². The van der Waals surface area contributed by atoms with Crippen molar-refractivity contribution < 1.29 is 22.1 Å². The average Bonchev–Trinajstić information content (AvgIpc) is 3.24. The highest BCUT2D eigenvalue weighted by Crippen LogP contribution is 2.47. The number of azide groups is 1. The van der Waals surface area contributed by atoms with Gasteiger partial charge in [-0.2, -0.15) is 8.42 Å². The van der Waals surface area contributed by atoms with Crippen LogP contribution < -0.4 is 5.73 Å². The topological polar surface area (TPSA) is 180 Å². The van der Waals surface area contributed by atoms with E-state index >= 15 is 0 Å². The molecule has 14 heteroatoms. The molecule has 2 aliphatic heterocycles. The molecule has 13 nitrogen and oxygen atoms in total. The lowest BCUT2D eigenvalue weighted by Crippen LogP contribution is -2.44. The summed E-state index contributed by atoms with van der Waals surface area (Å²) >= 11 is 0. The summed E-state index contributed by atoms with van der Waals surface area (Å²) in [6.45, 7) is -0.316. The molecule has 2 saturated heterocycles. The van der Waals surface area contributed by atoms with Crippen LogP contribution in [0.25, 0.3) is 21.6 Å². The molecule has 0 saturated carbocycles. The minimum Gasteiger partial charge on any atom is -0.382 e. The Kier molecular flexibility index (Phi) is 3.75. The van der Waals surface area contributed by atoms with E-state index in [9.17, 15) is 8.42 Å². The normalized spacial score (nSPS) is 30.6. The van der Waals surface area contributed by atoms with Crippen LogP contribution in [0.1, 0.15) is 6.23 Å². The highest BCUT2D eigenvalue weighted by molar-refractivity contribution is 7.85. The summed E-state index contributed by atoms with van der Waals surface area (Å²) in [6, 6.07) is -0.782. The van der Waals surface area contributed by atoms with E-state index in [-0.39, 0.29) is 19.0 Å². The molecule has 4 rings (SSSR count). The fraction of sp³-hybridized carbons (Fsp3) is 0.583. The molecule has 0 radical (unpaired) electrons. The predicted octanol–water partition coefficient (Wildman–Crippen LogP) is -0.270. The molecular weight excluding hydrogens is 368 g/mol. The third kappa shape index (κ3) is 2.55. The number of nitrogens with zero attached hydrogens (tertiary/aromatic N) is 7. The Morgan fingerprint density at radius 1 is 1.54 bits per heavy atom. The Morgan fingerprint density at radius 3 is 3.08 bits per heavy atom. The zero-order valence-electron chi connectivity index (χ0n) is 13.5. The largest absolute Gasteiger partial charge is 0.382 e. The highest BCUT2D eigenvalue weighted by atomic mass is 32.2. The van der Waals surface area contributed by atoms with Crippen LogP contribution in [0.4, 0.5) is 5.82 Å². The van der Waals surface area contributed by atoms with E-state index in [1.807, 2.05) is 0 Å². The number of fused-ring (bicyclic) bond motifs is 3. The summed E-state index contributed by atoms with van der Waals surface area (Å²) in [7, 11) is -3.72. The van der Waals surface area contributed by atoms with Gasteiger partial charge in [-0.15, -0.1) is 0 Å². The van der Waals surface area contributed by atoms with Crippen molar-refractivity contribution in [3.8, 4) is 0 Å². The van der Waals surface area contributed by atoms with Gasteiger partial charge in [-0.25, -0.2) is 15.0 Å². The minimum absolute atomic E-state index is 0.0249. The molecule has 0 aliphatic carbocycles. The van der Waals surface area contributed by atoms with E-state index in [2.05, 4.69) is 25.0 Å². The second-order valence-corrected chi connectivity index (χ2v) is 7.69. The van der Waals surface area contributed by atoms with Gasteiger partial charge in [-0.1, -0.05) is 5.11 Å². The van der Waals surface area contributed by atoms with Crippen LogP contribution in [0.15, 0.2) is 17.8 Å². The van der Waals surface area contributed by atoms with Gasteiger partial charge in [-0.05, 0) is 5.53 Å². The molecule has 4 atom stereocenters. The number of hydrogen-bond donors (Lipinski definition) is 1. The van der Waals surface area contributed by atoms with Crippen LogP contribution >= 0.6 is 0 Å². The lowest BCUT2D eigenvalue weighted by molar-refractivity contribution is -0.179. The minimum atomic E-state index is -3.72. The van der Waals surface area contributed by atoms with Crippen molar-refractivity contribution in [2.45, 2.75) is 24.0 Å². The molecule has 2 aromatic heterocycles. The molecule has 138 valence electrons. The van der Waals surface area contributed by atoms with Gasteiger partial charge in [0.05, 0.1) is 25.8 Å². The van der Waals surface area contributed by atoms with Gasteiger partial charge in [0.1, 0.15) is 29.6 Å². The molecule has 0 amide bonds. The van der Waals surface area contributed by atoms with Crippen LogP contribution in [-0.2, 0) is 23.8 Å². The zero-order valence-corrected chi connectivity index (χ0v) is 14.3. The average molecular weight is 382 g/mol. The van der Waals surface area contributed by atoms with Crippen molar-refractivity contribution in [2.24, 2.45) is 5.11 Å². The van der Waals surface area contributed by atoms with Gasteiger partial charge in [0.2, 0.25) is 0 Å². The highest BCUT2D eigenvalue weighted by Gasteiger charge is 2.62. The van der Waals surface area contributed by atoms with Crippen molar-refractivity contribution in [1.29, 1.82) is 0 Å². The first kappa shape index (κ1) is 16.9. The number of anilines is 1. The lowest BCUT2D eigenvalue weighted by Gasteiger charge is -2.30. The molecule has 2 fully saturated rings. The smallest absolute Gasteiger partial charge is 0.264 e. The van der Waals surface area contributed by atoms with Crippen LogP contribution in [0.2, 0.25) is 0 Å². The summed E-state index contributed by atoms with van der Waals surface area (Å²) in [5, 5.41) is 3.74. The molecule has 0 spiro atoms. The van der Waals surface area contributed by atoms with Gasteiger partial charge in [-0.3, -0.25) is 8.75 Å². The number of aromatic nitrogens is 4. The fourth-order valence-corrected chi connectivity index (χ4v) is 3.64. The monoisotopic (exact) mass is 382 g/mol. The van der Waals surface area contributed by atoms with E-state index in [1.165, 1.54) is 12.7 Å². The zero-order chi connectivity index (χ0) is 18.5. The van der Waals surface area contributed by atoms with Gasteiger partial charge < -0.3 is 15.2 Å². The number of nitrogens with two attached hydrogens (primary N) is 1. The molecular formula is C12H14N8O5S. The molecule has 0 unspecified atom stereocenters. The summed E-state index contributed by atoms with van der Waals surface area (Å²) in [4.78, 5) is 15.0. The Morgan fingerprint density at radius 2 is 2.35 bits per heavy atom. The van der Waals surface area contributed by atoms with Crippen LogP contribution in [0.3, 0.4) is 0 Å². The number of rotatable bonds is 5. The van der Waals surface area contributed by atoms with Crippen LogP contribution in [0.5, 0.6) is 0 Å². The molecule has 0 aromatic carbocycles. The number of hydrogen-bond acceptors (Lipinski definition) is 10. The number of ether oxygens (including phenoxy) is 2. The summed E-state index contributed by atoms with van der Waals surface area (Å²) < 4.78 is 41.0. The summed E-state index contributed by atoms with van der Waals surface area (Å²) in [5.74, 6) is 0.208.